The highest BCUT2D eigenvalue weighted by Gasteiger charge is 2.42. The van der Waals surface area contributed by atoms with Gasteiger partial charge in [-0.15, -0.1) is 22.5 Å². The third-order valence-corrected chi connectivity index (χ3v) is 8.86. The molecule has 0 radical (unpaired) electrons. The number of benzene rings is 2. The molecule has 7 nitrogen and oxygen atoms in total. The number of nitrogens with zero attached hydrogens (tertiary/aromatic N) is 1. The van der Waals surface area contributed by atoms with Crippen LogP contribution < -0.4 is 14.4 Å². The average molecular weight is 535 g/mol. The maximum Gasteiger partial charge on any atom is 0.334 e. The van der Waals surface area contributed by atoms with Gasteiger partial charge in [-0.05, 0) is 44.2 Å². The molecule has 0 spiro atoms. The van der Waals surface area contributed by atoms with Crippen LogP contribution in [0.4, 0.5) is 11.4 Å². The Kier molecular flexibility index (Phi) is 9.77. The Labute approximate surface area is 220 Å². The van der Waals surface area contributed by atoms with Crippen molar-refractivity contribution in [3.8, 4) is 5.75 Å². The lowest BCUT2D eigenvalue weighted by Gasteiger charge is -2.43. The highest BCUT2D eigenvalue weighted by atomic mass is 32.3. The van der Waals surface area contributed by atoms with Gasteiger partial charge < -0.3 is 14.7 Å². The van der Waals surface area contributed by atoms with Gasteiger partial charge in [-0.1, -0.05) is 57.7 Å². The molecule has 0 aliphatic carbocycles. The zero-order valence-corrected chi connectivity index (χ0v) is 23.1. The summed E-state index contributed by atoms with van der Waals surface area (Å²) in [5.74, 6) is -0.695. The number of nitrogens with one attached hydrogen (secondary N) is 1. The van der Waals surface area contributed by atoms with Crippen molar-refractivity contribution < 1.29 is 23.7 Å². The number of ether oxygens (including phenoxy) is 1. The molecule has 1 aliphatic heterocycles. The van der Waals surface area contributed by atoms with Crippen LogP contribution >= 0.6 is 22.5 Å². The first-order valence-electron chi connectivity index (χ1n) is 12.3. The lowest BCUT2D eigenvalue weighted by molar-refractivity contribution is -0.132. The lowest BCUT2D eigenvalue weighted by atomic mass is 9.87. The van der Waals surface area contributed by atoms with Crippen molar-refractivity contribution >= 4 is 39.9 Å². The van der Waals surface area contributed by atoms with Crippen LogP contribution in [-0.4, -0.2) is 38.5 Å². The van der Waals surface area contributed by atoms with Crippen LogP contribution in [0.5, 0.6) is 5.75 Å². The molecule has 9 heteroatoms. The summed E-state index contributed by atoms with van der Waals surface area (Å²) in [4.78, 5) is 14.5. The fourth-order valence-electron chi connectivity index (χ4n) is 4.45. The molecule has 2 aromatic carbocycles. The van der Waals surface area contributed by atoms with Crippen LogP contribution in [0.15, 0.2) is 64.1 Å². The average Bonchev–Trinajstić information content (AvgIpc) is 2.96. The summed E-state index contributed by atoms with van der Waals surface area (Å²) in [7, 11) is -3.41. The number of carbonyl (C=O) groups is 1. The van der Waals surface area contributed by atoms with Crippen molar-refractivity contribution in [2.45, 2.75) is 74.6 Å². The van der Waals surface area contributed by atoms with Crippen LogP contribution in [-0.2, 0) is 4.79 Å². The fraction of sp³-hybridized carbons (Fsp3) is 0.444. The summed E-state index contributed by atoms with van der Waals surface area (Å²) < 4.78 is 32.3. The number of rotatable bonds is 11. The van der Waals surface area contributed by atoms with Crippen molar-refractivity contribution in [1.82, 2.24) is 4.72 Å². The Morgan fingerprint density at radius 1 is 1.17 bits per heavy atom. The number of para-hydroxylation sites is 1. The van der Waals surface area contributed by atoms with E-state index in [4.69, 9.17) is 4.74 Å². The minimum absolute atomic E-state index is 0.0470. The normalized spacial score (nSPS) is 17.7. The number of fused-ring (bicyclic) bond motifs is 1. The molecule has 1 aliphatic rings. The van der Waals surface area contributed by atoms with Gasteiger partial charge in [-0.3, -0.25) is 9.11 Å². The van der Waals surface area contributed by atoms with Crippen LogP contribution in [0.1, 0.15) is 59.3 Å². The number of anilines is 2. The van der Waals surface area contributed by atoms with E-state index in [-0.39, 0.29) is 5.57 Å². The third kappa shape index (κ3) is 6.58. The SMILES string of the molecule is CCCCC1(CCCC)CN(c2ccccc2)c2cc(SC)c(O/C=C(\C)C(=O)O)cc2S(O)(O)N1. The van der Waals surface area contributed by atoms with E-state index in [9.17, 15) is 19.0 Å². The van der Waals surface area contributed by atoms with Gasteiger partial charge in [0.2, 0.25) is 0 Å². The minimum Gasteiger partial charge on any atom is -0.478 e. The first-order chi connectivity index (χ1) is 17.2. The number of hydrogen-bond acceptors (Lipinski definition) is 7. The highest BCUT2D eigenvalue weighted by molar-refractivity contribution is 8.22. The number of unbranched alkanes of at least 4 members (excludes halogenated alkanes) is 2. The minimum atomic E-state index is -3.41. The van der Waals surface area contributed by atoms with Gasteiger partial charge in [0.25, 0.3) is 0 Å². The Hall–Kier alpha value is -2.17. The molecule has 4 N–H and O–H groups in total. The first-order valence-corrected chi connectivity index (χ1v) is 15.1. The van der Waals surface area contributed by atoms with Crippen LogP contribution in [0.25, 0.3) is 0 Å². The molecule has 0 bridgehead atoms. The first kappa shape index (κ1) is 28.4. The van der Waals surface area contributed by atoms with E-state index < -0.39 is 22.3 Å². The van der Waals surface area contributed by atoms with Crippen molar-refractivity contribution in [2.75, 3.05) is 17.7 Å². The summed E-state index contributed by atoms with van der Waals surface area (Å²) >= 11 is 1.46. The van der Waals surface area contributed by atoms with E-state index in [1.54, 1.807) is 6.07 Å². The van der Waals surface area contributed by atoms with Gasteiger partial charge in [0.1, 0.15) is 16.9 Å². The fourth-order valence-corrected chi connectivity index (χ4v) is 6.71. The summed E-state index contributed by atoms with van der Waals surface area (Å²) in [6.45, 7) is 6.33. The maximum atomic E-state index is 11.6. The number of thioether (sulfide) groups is 1. The van der Waals surface area contributed by atoms with Gasteiger partial charge >= 0.3 is 5.97 Å². The third-order valence-electron chi connectivity index (χ3n) is 6.45. The molecule has 0 atom stereocenters. The molecular formula is C27H38N2O5S2. The molecule has 0 unspecified atom stereocenters. The zero-order chi connectivity index (χ0) is 26.3. The zero-order valence-electron chi connectivity index (χ0n) is 21.5. The molecule has 0 amide bonds. The second kappa shape index (κ2) is 12.4. The molecule has 2 aromatic rings. The lowest BCUT2D eigenvalue weighted by Crippen LogP contribution is -2.51. The van der Waals surface area contributed by atoms with Crippen molar-refractivity contribution in [1.29, 1.82) is 0 Å². The van der Waals surface area contributed by atoms with Crippen LogP contribution in [0, 0.1) is 0 Å². The van der Waals surface area contributed by atoms with E-state index in [1.807, 2.05) is 42.7 Å². The molecule has 36 heavy (non-hydrogen) atoms. The van der Waals surface area contributed by atoms with Crippen LogP contribution in [0.3, 0.4) is 0 Å². The van der Waals surface area contributed by atoms with E-state index >= 15 is 0 Å². The van der Waals surface area contributed by atoms with Crippen molar-refractivity contribution in [2.24, 2.45) is 0 Å². The monoisotopic (exact) mass is 534 g/mol. The smallest absolute Gasteiger partial charge is 0.334 e. The van der Waals surface area contributed by atoms with E-state index in [2.05, 4.69) is 23.5 Å². The second-order valence-corrected chi connectivity index (χ2v) is 11.8. The summed E-state index contributed by atoms with van der Waals surface area (Å²) in [5, 5.41) is 9.21. The molecule has 1 heterocycles. The molecule has 0 saturated heterocycles. The Balaban J connectivity index is 2.22. The summed E-state index contributed by atoms with van der Waals surface area (Å²) in [5.41, 5.74) is 1.22. The standard InChI is InChI=1S/C27H38N2O5S2/c1-5-7-14-27(15-8-6-2)19-29(21-12-10-9-11-13-21)22-16-24(35-4)23(34-18-20(3)26(30)31)17-25(22)36(32,33)28-27/h9-13,16-18,28,32-33H,5-8,14-15,19H2,1-4H3,(H,30,31)/b20-18+. The second-order valence-electron chi connectivity index (χ2n) is 9.25. The summed E-state index contributed by atoms with van der Waals surface area (Å²) in [6.07, 6.45) is 8.68. The largest absolute Gasteiger partial charge is 0.478 e. The van der Waals surface area contributed by atoms with Crippen LogP contribution in [0.2, 0.25) is 0 Å². The molecular weight excluding hydrogens is 496 g/mol. The van der Waals surface area contributed by atoms with Crippen molar-refractivity contribution in [3.63, 3.8) is 0 Å². The topological polar surface area (TPSA) is 102 Å². The predicted octanol–water partition coefficient (Wildman–Crippen LogP) is 7.66. The van der Waals surface area contributed by atoms with Crippen molar-refractivity contribution in [3.05, 3.63) is 54.3 Å². The molecule has 0 saturated carbocycles. The number of hydrogen-bond donors (Lipinski definition) is 4. The summed E-state index contributed by atoms with van der Waals surface area (Å²) in [6, 6.07) is 13.6. The predicted molar refractivity (Wildman–Crippen MR) is 150 cm³/mol. The van der Waals surface area contributed by atoms with Gasteiger partial charge in [-0.2, -0.15) is 0 Å². The van der Waals surface area contributed by atoms with Gasteiger partial charge in [0.15, 0.2) is 0 Å². The quantitative estimate of drug-likeness (QED) is 0.132. The van der Waals surface area contributed by atoms with Gasteiger partial charge in [-0.25, -0.2) is 9.52 Å². The van der Waals surface area contributed by atoms with E-state index in [1.165, 1.54) is 24.9 Å². The molecule has 198 valence electrons. The Morgan fingerprint density at radius 2 is 1.81 bits per heavy atom. The van der Waals surface area contributed by atoms with Gasteiger partial charge in [0.05, 0.1) is 21.7 Å². The maximum absolute atomic E-state index is 11.6. The Morgan fingerprint density at radius 3 is 2.36 bits per heavy atom. The van der Waals surface area contributed by atoms with Gasteiger partial charge in [0, 0.05) is 18.3 Å². The van der Waals surface area contributed by atoms with E-state index in [0.29, 0.717) is 22.9 Å². The Bertz CT molecular complexity index is 1070. The highest BCUT2D eigenvalue weighted by Crippen LogP contribution is 2.57. The molecule has 3 rings (SSSR count). The van der Waals surface area contributed by atoms with E-state index in [0.717, 1.165) is 49.1 Å². The number of aliphatic carboxylic acids is 1. The molecule has 0 fully saturated rings. The number of carboxylic acid groups (broad SMARTS) is 1. The number of carboxylic acids is 1. The molecule has 0 aromatic heterocycles.